The molecule has 140 valence electrons. The molecule has 0 saturated heterocycles. The van der Waals surface area contributed by atoms with Crippen molar-refractivity contribution in [2.75, 3.05) is 5.32 Å². The van der Waals surface area contributed by atoms with Gasteiger partial charge in [0, 0.05) is 28.9 Å². The highest BCUT2D eigenvalue weighted by atomic mass is 127. The minimum atomic E-state index is -0.178. The number of fused-ring (bicyclic) bond motifs is 1. The molecule has 0 amide bonds. The number of rotatable bonds is 4. The fourth-order valence-corrected chi connectivity index (χ4v) is 3.36. The van der Waals surface area contributed by atoms with E-state index in [1.807, 2.05) is 42.5 Å². The van der Waals surface area contributed by atoms with E-state index in [-0.39, 0.29) is 35.5 Å². The number of allylic oxidation sites excluding steroid dienone is 2. The molecule has 0 spiro atoms. The van der Waals surface area contributed by atoms with Crippen molar-refractivity contribution in [1.29, 1.82) is 0 Å². The van der Waals surface area contributed by atoms with Gasteiger partial charge in [0.15, 0.2) is 18.1 Å². The molecule has 1 heterocycles. The first-order valence-corrected chi connectivity index (χ1v) is 8.95. The van der Waals surface area contributed by atoms with Crippen molar-refractivity contribution in [3.63, 3.8) is 0 Å². The van der Waals surface area contributed by atoms with Crippen LogP contribution in [-0.2, 0) is 6.42 Å². The molecular formula is C23H19IN2O2. The maximum atomic E-state index is 13.3. The second kappa shape index (κ2) is 8.48. The molecule has 0 radical (unpaired) electrons. The molecule has 5 heteroatoms. The highest BCUT2D eigenvalue weighted by Gasteiger charge is 2.38. The van der Waals surface area contributed by atoms with Crippen molar-refractivity contribution >= 4 is 23.0 Å². The number of nitrogens with zero attached hydrogens (tertiary/aromatic N) is 1. The summed E-state index contributed by atoms with van der Waals surface area (Å²) in [5.41, 5.74) is 3.43. The lowest BCUT2D eigenvalue weighted by Crippen LogP contribution is -3.00. The van der Waals surface area contributed by atoms with Crippen LogP contribution in [0.4, 0.5) is 5.69 Å². The molecule has 28 heavy (non-hydrogen) atoms. The number of Topliss-reactive ketones (excluding diaryl/α,β-unsaturated/α-hetero) is 2. The quantitative estimate of drug-likeness (QED) is 0.445. The number of anilines is 1. The maximum absolute atomic E-state index is 13.3. The fraction of sp³-hybridized carbons (Fsp3) is 0.0870. The van der Waals surface area contributed by atoms with Crippen LogP contribution in [0.3, 0.4) is 0 Å². The van der Waals surface area contributed by atoms with Crippen molar-refractivity contribution in [3.05, 3.63) is 102 Å². The zero-order valence-electron chi connectivity index (χ0n) is 15.4. The summed E-state index contributed by atoms with van der Waals surface area (Å²) in [5, 5.41) is 3.26. The van der Waals surface area contributed by atoms with Crippen LogP contribution in [0.2, 0.25) is 0 Å². The van der Waals surface area contributed by atoms with Gasteiger partial charge in [0.2, 0.25) is 5.78 Å². The Labute approximate surface area is 180 Å². The molecule has 0 fully saturated rings. The van der Waals surface area contributed by atoms with Gasteiger partial charge in [0.25, 0.3) is 11.5 Å². The largest absolute Gasteiger partial charge is 1.00 e. The lowest BCUT2D eigenvalue weighted by molar-refractivity contribution is -0.577. The zero-order valence-corrected chi connectivity index (χ0v) is 17.5. The van der Waals surface area contributed by atoms with Crippen LogP contribution >= 0.6 is 0 Å². The highest BCUT2D eigenvalue weighted by molar-refractivity contribution is 6.36. The van der Waals surface area contributed by atoms with Crippen molar-refractivity contribution in [3.8, 4) is 0 Å². The molecule has 0 bridgehead atoms. The predicted molar refractivity (Wildman–Crippen MR) is 104 cm³/mol. The molecule has 4 nitrogen and oxygen atoms in total. The molecule has 1 aliphatic rings. The third-order valence-corrected chi connectivity index (χ3v) is 4.73. The lowest BCUT2D eigenvalue weighted by atomic mass is 9.89. The summed E-state index contributed by atoms with van der Waals surface area (Å²) in [5.74, 6) is -0.347. The van der Waals surface area contributed by atoms with Crippen molar-refractivity contribution in [2.45, 2.75) is 13.3 Å². The number of ketones is 2. The molecule has 2 aromatic carbocycles. The molecule has 4 rings (SSSR count). The van der Waals surface area contributed by atoms with E-state index in [9.17, 15) is 9.59 Å². The van der Waals surface area contributed by atoms with Crippen LogP contribution in [0.25, 0.3) is 5.70 Å². The number of aryl methyl sites for hydroxylation is 1. The van der Waals surface area contributed by atoms with Gasteiger partial charge >= 0.3 is 0 Å². The minimum Gasteiger partial charge on any atom is -1.00 e. The van der Waals surface area contributed by atoms with Gasteiger partial charge in [-0.15, -0.1) is 0 Å². The average molecular weight is 482 g/mol. The van der Waals surface area contributed by atoms with E-state index in [1.54, 1.807) is 41.2 Å². The number of carbonyl (C=O) groups is 2. The van der Waals surface area contributed by atoms with Crippen molar-refractivity contribution in [2.24, 2.45) is 0 Å². The predicted octanol–water partition coefficient (Wildman–Crippen LogP) is 0.900. The Balaban J connectivity index is 0.00000225. The second-order valence-corrected chi connectivity index (χ2v) is 6.35. The van der Waals surface area contributed by atoms with Gasteiger partial charge in [0.05, 0.1) is 0 Å². The molecule has 1 N–H and O–H groups in total. The number of aromatic nitrogens is 1. The van der Waals surface area contributed by atoms with Crippen LogP contribution in [0.5, 0.6) is 0 Å². The molecular weight excluding hydrogens is 463 g/mol. The van der Waals surface area contributed by atoms with Crippen LogP contribution in [0.1, 0.15) is 33.2 Å². The van der Waals surface area contributed by atoms with E-state index in [2.05, 4.69) is 12.2 Å². The minimum absolute atomic E-state index is 0. The smallest absolute Gasteiger partial charge is 0.286 e. The Morgan fingerprint density at radius 1 is 0.786 bits per heavy atom. The summed E-state index contributed by atoms with van der Waals surface area (Å²) in [4.78, 5) is 26.5. The van der Waals surface area contributed by atoms with E-state index < -0.39 is 0 Å². The third-order valence-electron chi connectivity index (χ3n) is 4.73. The topological polar surface area (TPSA) is 50.1 Å². The summed E-state index contributed by atoms with van der Waals surface area (Å²) < 4.78 is 1.70. The van der Waals surface area contributed by atoms with Crippen LogP contribution < -0.4 is 33.9 Å². The summed E-state index contributed by atoms with van der Waals surface area (Å²) in [6.07, 6.45) is 4.38. The Morgan fingerprint density at radius 3 is 2.07 bits per heavy atom. The van der Waals surface area contributed by atoms with E-state index in [1.165, 1.54) is 0 Å². The van der Waals surface area contributed by atoms with Crippen molar-refractivity contribution in [1.82, 2.24) is 0 Å². The summed E-state index contributed by atoms with van der Waals surface area (Å²) >= 11 is 0. The number of pyridine rings is 1. The third kappa shape index (κ3) is 3.49. The van der Waals surface area contributed by atoms with E-state index in [0.717, 1.165) is 17.7 Å². The highest BCUT2D eigenvalue weighted by Crippen LogP contribution is 2.28. The summed E-state index contributed by atoms with van der Waals surface area (Å²) in [6, 6.07) is 20.3. The van der Waals surface area contributed by atoms with Gasteiger partial charge in [-0.1, -0.05) is 55.5 Å². The number of hydrogen-bond donors (Lipinski definition) is 1. The number of hydrogen-bond acceptors (Lipinski definition) is 3. The first-order chi connectivity index (χ1) is 13.2. The SMILES string of the molecule is CCc1ccccc1NC1=C([n+]2ccccc2)C(=O)c2ccccc2C1=O.[I-]. The van der Waals surface area contributed by atoms with Gasteiger partial charge < -0.3 is 29.3 Å². The zero-order chi connectivity index (χ0) is 18.8. The Hall–Kier alpha value is -2.80. The second-order valence-electron chi connectivity index (χ2n) is 6.35. The van der Waals surface area contributed by atoms with Crippen molar-refractivity contribution < 1.29 is 38.1 Å². The number of benzene rings is 2. The standard InChI is InChI=1S/C23H18N2O2.HI/c1-2-16-10-4-7-13-19(16)24-20-21(25-14-8-3-9-15-25)23(27)18-12-6-5-11-17(18)22(20)26;/h3-15H,2H2,1H3;1H. The number of nitrogens with one attached hydrogen (secondary N) is 1. The fourth-order valence-electron chi connectivity index (χ4n) is 3.36. The number of carbonyl (C=O) groups excluding carboxylic acids is 2. The van der Waals surface area contributed by atoms with Gasteiger partial charge in [-0.3, -0.25) is 9.59 Å². The molecule has 0 saturated carbocycles. The van der Waals surface area contributed by atoms with E-state index in [0.29, 0.717) is 22.5 Å². The number of halogens is 1. The maximum Gasteiger partial charge on any atom is 0.286 e. The Kier molecular flexibility index (Phi) is 6.04. The first kappa shape index (κ1) is 19.9. The van der Waals surface area contributed by atoms with Crippen LogP contribution in [-0.4, -0.2) is 11.6 Å². The summed E-state index contributed by atoms with van der Waals surface area (Å²) in [6.45, 7) is 2.06. The van der Waals surface area contributed by atoms with E-state index >= 15 is 0 Å². The van der Waals surface area contributed by atoms with Gasteiger partial charge in [-0.05, 0) is 18.1 Å². The van der Waals surface area contributed by atoms with Crippen LogP contribution in [0.15, 0.2) is 84.8 Å². The average Bonchev–Trinajstić information content (AvgIpc) is 2.73. The van der Waals surface area contributed by atoms with Crippen LogP contribution in [0, 0.1) is 0 Å². The molecule has 0 aliphatic heterocycles. The molecule has 1 aliphatic carbocycles. The lowest BCUT2D eigenvalue weighted by Gasteiger charge is -2.19. The summed E-state index contributed by atoms with van der Waals surface area (Å²) in [7, 11) is 0. The normalized spacial score (nSPS) is 13.0. The Bertz CT molecular complexity index is 1070. The molecule has 0 atom stereocenters. The monoisotopic (exact) mass is 482 g/mol. The molecule has 1 aromatic heterocycles. The number of para-hydroxylation sites is 1. The Morgan fingerprint density at radius 2 is 1.39 bits per heavy atom. The van der Waals surface area contributed by atoms with Gasteiger partial charge in [-0.2, -0.15) is 4.57 Å². The molecule has 0 unspecified atom stereocenters. The molecule has 3 aromatic rings. The first-order valence-electron chi connectivity index (χ1n) is 8.95. The van der Waals surface area contributed by atoms with Gasteiger partial charge in [-0.25, -0.2) is 0 Å². The van der Waals surface area contributed by atoms with Gasteiger partial charge in [0.1, 0.15) is 0 Å². The van der Waals surface area contributed by atoms with E-state index in [4.69, 9.17) is 0 Å².